The number of aromatic nitrogens is 2. The van der Waals surface area contributed by atoms with Gasteiger partial charge in [-0.1, -0.05) is 17.7 Å². The first-order chi connectivity index (χ1) is 20.4. The Bertz CT molecular complexity index is 1690. The van der Waals surface area contributed by atoms with Crippen LogP contribution >= 0.6 is 0 Å². The second kappa shape index (κ2) is 12.6. The lowest BCUT2D eigenvalue weighted by atomic mass is 9.97. The molecule has 1 amide bonds. The Morgan fingerprint density at radius 1 is 1.12 bits per heavy atom. The van der Waals surface area contributed by atoms with Crippen molar-refractivity contribution in [1.29, 1.82) is 0 Å². The number of nitrogens with two attached hydrogens (primary N) is 2. The number of fused-ring (bicyclic) bond motifs is 3. The van der Waals surface area contributed by atoms with Crippen molar-refractivity contribution < 1.29 is 24.6 Å². The third kappa shape index (κ3) is 6.22. The van der Waals surface area contributed by atoms with Gasteiger partial charge in [-0.3, -0.25) is 19.1 Å². The van der Waals surface area contributed by atoms with Gasteiger partial charge in [-0.15, -0.1) is 0 Å². The van der Waals surface area contributed by atoms with Crippen LogP contribution in [0.4, 0.5) is 5.69 Å². The van der Waals surface area contributed by atoms with E-state index in [-0.39, 0.29) is 18.8 Å². The van der Waals surface area contributed by atoms with Crippen molar-refractivity contribution in [3.63, 3.8) is 0 Å². The molecule has 13 nitrogen and oxygen atoms in total. The van der Waals surface area contributed by atoms with E-state index in [1.165, 1.54) is 11.6 Å². The van der Waals surface area contributed by atoms with Gasteiger partial charge in [-0.2, -0.15) is 0 Å². The van der Waals surface area contributed by atoms with Crippen LogP contribution in [0.3, 0.4) is 0 Å². The van der Waals surface area contributed by atoms with Crippen molar-refractivity contribution in [3.05, 3.63) is 80.1 Å². The summed E-state index contributed by atoms with van der Waals surface area (Å²) in [5.74, 6) is 4.91. The first-order valence-electron chi connectivity index (χ1n) is 13.9. The molecule has 0 bridgehead atoms. The van der Waals surface area contributed by atoms with Gasteiger partial charge >= 0.3 is 5.69 Å². The number of amides is 1. The number of likely N-dealkylation sites (N-methyl/N-ethyl adjacent to an activating group) is 1. The van der Waals surface area contributed by atoms with Gasteiger partial charge in [0.1, 0.15) is 5.49 Å². The van der Waals surface area contributed by atoms with E-state index >= 15 is 0 Å². The number of aryl methyl sites for hydroxylation is 4. The number of carbonyl (C=O) groups excluding carboxylic acids is 1. The zero-order valence-electron chi connectivity index (χ0n) is 25.3. The molecular weight excluding hydrogens is 554 g/mol. The predicted octanol–water partition coefficient (Wildman–Crippen LogP) is 2.15. The highest BCUT2D eigenvalue weighted by Crippen LogP contribution is 2.37. The molecule has 4 rings (SSSR count). The van der Waals surface area contributed by atoms with Gasteiger partial charge < -0.3 is 25.3 Å². The standard InChI is InChI=1S/C30H39N7O6/c1-7-43-24-14-20-8-9-35-22(21(20)15-23(24)42-6)16-25(33-26-18(3)12-17(2)13-19(26)4)36(30(35)40)10-11-37(41)29(39)27(28(31)38)34(5)32/h12-16,38,41H,7-11,31-32H2,1-6H3/b28-27+,33-25+. The normalized spacial score (nSPS) is 13.2. The molecule has 230 valence electrons. The molecule has 0 saturated carbocycles. The van der Waals surface area contributed by atoms with Crippen LogP contribution in [0.15, 0.2) is 51.7 Å². The molecule has 6 N–H and O–H groups in total. The van der Waals surface area contributed by atoms with E-state index in [2.05, 4.69) is 0 Å². The highest BCUT2D eigenvalue weighted by atomic mass is 16.5. The highest BCUT2D eigenvalue weighted by Gasteiger charge is 2.25. The van der Waals surface area contributed by atoms with Gasteiger partial charge in [0.15, 0.2) is 17.2 Å². The van der Waals surface area contributed by atoms with Crippen LogP contribution in [0.25, 0.3) is 11.3 Å². The second-order valence-corrected chi connectivity index (χ2v) is 10.4. The Balaban J connectivity index is 1.90. The SMILES string of the molecule is CCOc1cc2c(cc1OC)-c1c/c(=N\c3c(C)cc(C)cc3C)n(CCN(O)C(=O)/C(=C(/N)O)N(C)N)c(=O)n1CC2. The Morgan fingerprint density at radius 2 is 1.79 bits per heavy atom. The number of aliphatic hydroxyl groups is 1. The number of nitrogens with zero attached hydrogens (tertiary/aromatic N) is 5. The summed E-state index contributed by atoms with van der Waals surface area (Å²) in [6, 6.07) is 9.67. The average Bonchev–Trinajstić information content (AvgIpc) is 2.93. The zero-order chi connectivity index (χ0) is 31.6. The largest absolute Gasteiger partial charge is 0.493 e. The minimum atomic E-state index is -1.03. The molecular formula is C30H39N7O6. The number of hydroxylamine groups is 2. The molecule has 0 aliphatic carbocycles. The fourth-order valence-electron chi connectivity index (χ4n) is 5.40. The summed E-state index contributed by atoms with van der Waals surface area (Å²) in [6.07, 6.45) is 0.580. The molecule has 0 radical (unpaired) electrons. The summed E-state index contributed by atoms with van der Waals surface area (Å²) in [5, 5.41) is 21.4. The maximum absolute atomic E-state index is 14.0. The number of ether oxygens (including phenoxy) is 2. The molecule has 43 heavy (non-hydrogen) atoms. The van der Waals surface area contributed by atoms with Crippen LogP contribution in [0.1, 0.15) is 29.2 Å². The highest BCUT2D eigenvalue weighted by molar-refractivity contribution is 5.92. The molecule has 0 unspecified atom stereocenters. The van der Waals surface area contributed by atoms with Gasteiger partial charge in [0.2, 0.25) is 5.88 Å². The molecule has 13 heteroatoms. The van der Waals surface area contributed by atoms with Crippen LogP contribution in [0, 0.1) is 20.8 Å². The van der Waals surface area contributed by atoms with E-state index in [1.54, 1.807) is 11.7 Å². The van der Waals surface area contributed by atoms with Crippen molar-refractivity contribution in [2.24, 2.45) is 16.6 Å². The molecule has 1 aliphatic rings. The fraction of sp³-hybridized carbons (Fsp3) is 0.367. The number of aliphatic hydroxyl groups excluding tert-OH is 1. The lowest BCUT2D eigenvalue weighted by Gasteiger charge is -2.25. The second-order valence-electron chi connectivity index (χ2n) is 10.4. The van der Waals surface area contributed by atoms with Crippen LogP contribution in [-0.4, -0.2) is 62.7 Å². The summed E-state index contributed by atoms with van der Waals surface area (Å²) < 4.78 is 14.4. The number of methoxy groups -OCH3 is 1. The van der Waals surface area contributed by atoms with Crippen molar-refractivity contribution in [1.82, 2.24) is 19.2 Å². The van der Waals surface area contributed by atoms with Crippen LogP contribution in [0.5, 0.6) is 11.5 Å². The molecule has 3 aromatic rings. The van der Waals surface area contributed by atoms with Gasteiger partial charge in [0.05, 0.1) is 31.6 Å². The van der Waals surface area contributed by atoms with E-state index in [9.17, 15) is 19.9 Å². The Labute approximate surface area is 249 Å². The molecule has 1 aliphatic heterocycles. The van der Waals surface area contributed by atoms with E-state index in [0.717, 1.165) is 32.8 Å². The van der Waals surface area contributed by atoms with Crippen molar-refractivity contribution in [3.8, 4) is 22.8 Å². The summed E-state index contributed by atoms with van der Waals surface area (Å²) in [6.45, 7) is 8.26. The topological polar surface area (TPSA) is 174 Å². The van der Waals surface area contributed by atoms with E-state index in [1.807, 2.05) is 58.0 Å². The predicted molar refractivity (Wildman–Crippen MR) is 161 cm³/mol. The number of rotatable bonds is 9. The Morgan fingerprint density at radius 3 is 2.37 bits per heavy atom. The molecule has 0 saturated heterocycles. The maximum atomic E-state index is 14.0. The van der Waals surface area contributed by atoms with E-state index in [4.69, 9.17) is 26.0 Å². The molecule has 2 heterocycles. The first kappa shape index (κ1) is 31.2. The summed E-state index contributed by atoms with van der Waals surface area (Å²) in [5.41, 5.74) is 11.0. The minimum Gasteiger partial charge on any atom is -0.493 e. The number of hydrogen-bond donors (Lipinski definition) is 4. The summed E-state index contributed by atoms with van der Waals surface area (Å²) >= 11 is 0. The molecule has 1 aromatic heterocycles. The third-order valence-electron chi connectivity index (χ3n) is 7.29. The average molecular weight is 594 g/mol. The smallest absolute Gasteiger partial charge is 0.330 e. The van der Waals surface area contributed by atoms with Gasteiger partial charge in [0, 0.05) is 31.8 Å². The first-order valence-corrected chi connectivity index (χ1v) is 13.9. The quantitative estimate of drug-likeness (QED) is 0.0953. The maximum Gasteiger partial charge on any atom is 0.330 e. The molecule has 0 atom stereocenters. The van der Waals surface area contributed by atoms with Crippen LogP contribution in [-0.2, 0) is 24.3 Å². The Hall–Kier alpha value is -4.75. The zero-order valence-corrected chi connectivity index (χ0v) is 25.3. The minimum absolute atomic E-state index is 0.115. The molecule has 0 spiro atoms. The van der Waals surface area contributed by atoms with Gasteiger partial charge in [-0.05, 0) is 62.9 Å². The number of carbonyl (C=O) groups is 1. The Kier molecular flexibility index (Phi) is 9.16. The molecule has 2 aromatic carbocycles. The van der Waals surface area contributed by atoms with Crippen LogP contribution in [0.2, 0.25) is 0 Å². The lowest BCUT2D eigenvalue weighted by molar-refractivity contribution is -0.163. The lowest BCUT2D eigenvalue weighted by Crippen LogP contribution is -2.46. The number of benzene rings is 2. The number of hydrazine groups is 1. The van der Waals surface area contributed by atoms with Crippen LogP contribution < -0.4 is 32.2 Å². The summed E-state index contributed by atoms with van der Waals surface area (Å²) in [4.78, 5) is 31.7. The fourth-order valence-corrected chi connectivity index (χ4v) is 5.40. The number of hydrogen-bond acceptors (Lipinski definition) is 10. The van der Waals surface area contributed by atoms with Crippen molar-refractivity contribution >= 4 is 11.6 Å². The van der Waals surface area contributed by atoms with E-state index in [0.29, 0.717) is 53.0 Å². The monoisotopic (exact) mass is 593 g/mol. The van der Waals surface area contributed by atoms with E-state index < -0.39 is 17.5 Å². The van der Waals surface area contributed by atoms with Crippen molar-refractivity contribution in [2.75, 3.05) is 27.3 Å². The molecule has 0 fully saturated rings. The third-order valence-corrected chi connectivity index (χ3v) is 7.29. The van der Waals surface area contributed by atoms with Gasteiger partial charge in [0.25, 0.3) is 5.91 Å². The van der Waals surface area contributed by atoms with Crippen molar-refractivity contribution in [2.45, 2.75) is 47.2 Å². The van der Waals surface area contributed by atoms with Gasteiger partial charge in [-0.25, -0.2) is 20.7 Å². The summed E-state index contributed by atoms with van der Waals surface area (Å²) in [7, 11) is 2.86.